The van der Waals surface area contributed by atoms with Gasteiger partial charge in [-0.1, -0.05) is 0 Å². The molecule has 0 radical (unpaired) electrons. The molecule has 76 valence electrons. The second-order valence-corrected chi connectivity index (χ2v) is 3.36. The molecule has 0 aromatic carbocycles. The van der Waals surface area contributed by atoms with Crippen molar-refractivity contribution in [2.24, 2.45) is 0 Å². The molecule has 0 heterocycles. The monoisotopic (exact) mass is 208 g/mol. The van der Waals surface area contributed by atoms with Crippen molar-refractivity contribution in [3.05, 3.63) is 22.3 Å². The summed E-state index contributed by atoms with van der Waals surface area (Å²) in [5, 5.41) is 35.5. The van der Waals surface area contributed by atoms with Crippen molar-refractivity contribution in [1.82, 2.24) is 0 Å². The van der Waals surface area contributed by atoms with Gasteiger partial charge < -0.3 is 0 Å². The SMILES string of the molecule is N#C/C1=C(\C#N)CC/C(C#N)=C(/C#N)CC1. The Kier molecular flexibility index (Phi) is 3.85. The summed E-state index contributed by atoms with van der Waals surface area (Å²) in [7, 11) is 0. The maximum atomic E-state index is 8.87. The summed E-state index contributed by atoms with van der Waals surface area (Å²) in [6.07, 6.45) is 1.47. The lowest BCUT2D eigenvalue weighted by Crippen LogP contribution is -1.98. The molecule has 0 atom stereocenters. The third-order valence-electron chi connectivity index (χ3n) is 2.52. The van der Waals surface area contributed by atoms with E-state index in [-0.39, 0.29) is 0 Å². The van der Waals surface area contributed by atoms with Crippen LogP contribution < -0.4 is 0 Å². The van der Waals surface area contributed by atoms with Crippen LogP contribution in [0.15, 0.2) is 22.3 Å². The lowest BCUT2D eigenvalue weighted by Gasteiger charge is -2.09. The third kappa shape index (κ3) is 2.27. The van der Waals surface area contributed by atoms with Crippen LogP contribution in [0.5, 0.6) is 0 Å². The van der Waals surface area contributed by atoms with E-state index in [2.05, 4.69) is 0 Å². The molecule has 0 bridgehead atoms. The molecule has 0 fully saturated rings. The Morgan fingerprint density at radius 2 is 0.688 bits per heavy atom. The predicted octanol–water partition coefficient (Wildman–Crippen LogP) is 2.25. The molecular weight excluding hydrogens is 200 g/mol. The molecule has 16 heavy (non-hydrogen) atoms. The fourth-order valence-electron chi connectivity index (χ4n) is 1.60. The molecule has 1 rings (SSSR count). The first-order chi connectivity index (χ1) is 7.76. The van der Waals surface area contributed by atoms with Crippen molar-refractivity contribution in [1.29, 1.82) is 21.0 Å². The molecule has 0 spiro atoms. The van der Waals surface area contributed by atoms with E-state index in [4.69, 9.17) is 21.0 Å². The van der Waals surface area contributed by atoms with E-state index in [9.17, 15) is 0 Å². The Morgan fingerprint density at radius 1 is 0.500 bits per heavy atom. The number of hydrogen-bond donors (Lipinski definition) is 0. The average molecular weight is 208 g/mol. The van der Waals surface area contributed by atoms with Gasteiger partial charge in [0.15, 0.2) is 0 Å². The summed E-state index contributed by atoms with van der Waals surface area (Å²) in [5.41, 5.74) is 1.75. The second kappa shape index (κ2) is 5.35. The van der Waals surface area contributed by atoms with Crippen LogP contribution in [0.2, 0.25) is 0 Å². The highest BCUT2D eigenvalue weighted by Gasteiger charge is 2.15. The molecule has 0 saturated heterocycles. The van der Waals surface area contributed by atoms with E-state index in [0.29, 0.717) is 48.0 Å². The van der Waals surface area contributed by atoms with Crippen molar-refractivity contribution in [3.8, 4) is 24.3 Å². The van der Waals surface area contributed by atoms with Gasteiger partial charge in [-0.05, 0) is 25.7 Å². The third-order valence-corrected chi connectivity index (χ3v) is 2.52. The molecule has 1 aliphatic rings. The van der Waals surface area contributed by atoms with Gasteiger partial charge in [-0.25, -0.2) is 0 Å². The highest BCUT2D eigenvalue weighted by atomic mass is 14.3. The first-order valence-corrected chi connectivity index (χ1v) is 4.81. The molecule has 0 saturated carbocycles. The molecule has 0 aromatic heterocycles. The summed E-state index contributed by atoms with van der Waals surface area (Å²) >= 11 is 0. The van der Waals surface area contributed by atoms with E-state index in [1.165, 1.54) is 0 Å². The van der Waals surface area contributed by atoms with E-state index >= 15 is 0 Å². The number of rotatable bonds is 0. The van der Waals surface area contributed by atoms with Crippen LogP contribution in [-0.2, 0) is 0 Å². The van der Waals surface area contributed by atoms with Crippen molar-refractivity contribution < 1.29 is 0 Å². The van der Waals surface area contributed by atoms with E-state index in [0.717, 1.165) is 0 Å². The van der Waals surface area contributed by atoms with Gasteiger partial charge in [0.1, 0.15) is 0 Å². The van der Waals surface area contributed by atoms with Crippen LogP contribution in [0.4, 0.5) is 0 Å². The van der Waals surface area contributed by atoms with Gasteiger partial charge in [0, 0.05) is 22.3 Å². The van der Waals surface area contributed by atoms with E-state index in [1.54, 1.807) is 0 Å². The van der Waals surface area contributed by atoms with Crippen LogP contribution in [0.25, 0.3) is 0 Å². The van der Waals surface area contributed by atoms with Crippen LogP contribution in [-0.4, -0.2) is 0 Å². The van der Waals surface area contributed by atoms with Crippen molar-refractivity contribution in [3.63, 3.8) is 0 Å². The standard InChI is InChI=1S/C12H8N4/c13-5-9-1-2-10(6-14)12(8-16)4-3-11(9)7-15/h1-4H2/b11-9-,12-10-. The molecule has 0 unspecified atom stereocenters. The van der Waals surface area contributed by atoms with Gasteiger partial charge >= 0.3 is 0 Å². The summed E-state index contributed by atoms with van der Waals surface area (Å²) in [6, 6.07) is 7.97. The molecule has 0 aromatic rings. The number of nitrogens with zero attached hydrogens (tertiary/aromatic N) is 4. The molecule has 4 heteroatoms. The van der Waals surface area contributed by atoms with Gasteiger partial charge in [-0.2, -0.15) is 21.0 Å². The number of allylic oxidation sites excluding steroid dienone is 4. The van der Waals surface area contributed by atoms with Gasteiger partial charge in [0.2, 0.25) is 0 Å². The molecule has 0 amide bonds. The van der Waals surface area contributed by atoms with Crippen LogP contribution >= 0.6 is 0 Å². The van der Waals surface area contributed by atoms with Crippen molar-refractivity contribution in [2.45, 2.75) is 25.7 Å². The Labute approximate surface area is 93.9 Å². The van der Waals surface area contributed by atoms with E-state index in [1.807, 2.05) is 24.3 Å². The molecule has 1 aliphatic carbocycles. The summed E-state index contributed by atoms with van der Waals surface area (Å²) in [4.78, 5) is 0. The summed E-state index contributed by atoms with van der Waals surface area (Å²) in [5.74, 6) is 0. The first-order valence-electron chi connectivity index (χ1n) is 4.81. The Balaban J connectivity index is 3.08. The lowest BCUT2D eigenvalue weighted by molar-refractivity contribution is 0.864. The maximum Gasteiger partial charge on any atom is 0.0957 e. The van der Waals surface area contributed by atoms with Gasteiger partial charge in [0.05, 0.1) is 24.3 Å². The number of hydrogen-bond acceptors (Lipinski definition) is 4. The predicted molar refractivity (Wildman–Crippen MR) is 55.0 cm³/mol. The Bertz CT molecular complexity index is 425. The molecule has 0 N–H and O–H groups in total. The zero-order valence-corrected chi connectivity index (χ0v) is 8.62. The molecular formula is C12H8N4. The number of nitriles is 4. The summed E-state index contributed by atoms with van der Waals surface area (Å²) < 4.78 is 0. The van der Waals surface area contributed by atoms with E-state index < -0.39 is 0 Å². The highest BCUT2D eigenvalue weighted by molar-refractivity contribution is 5.44. The van der Waals surface area contributed by atoms with Crippen LogP contribution in [0.3, 0.4) is 0 Å². The smallest absolute Gasteiger partial charge is 0.0957 e. The minimum Gasteiger partial charge on any atom is -0.193 e. The fraction of sp³-hybridized carbons (Fsp3) is 0.333. The zero-order chi connectivity index (χ0) is 12.0. The lowest BCUT2D eigenvalue weighted by atomic mass is 9.91. The fourth-order valence-corrected chi connectivity index (χ4v) is 1.60. The topological polar surface area (TPSA) is 95.2 Å². The van der Waals surface area contributed by atoms with Crippen molar-refractivity contribution >= 4 is 0 Å². The second-order valence-electron chi connectivity index (χ2n) is 3.36. The van der Waals surface area contributed by atoms with Gasteiger partial charge in [-0.15, -0.1) is 0 Å². The molecule has 0 aliphatic heterocycles. The van der Waals surface area contributed by atoms with Gasteiger partial charge in [0.25, 0.3) is 0 Å². The largest absolute Gasteiger partial charge is 0.193 e. The van der Waals surface area contributed by atoms with Crippen LogP contribution in [0.1, 0.15) is 25.7 Å². The zero-order valence-electron chi connectivity index (χ0n) is 8.62. The van der Waals surface area contributed by atoms with Gasteiger partial charge in [-0.3, -0.25) is 0 Å². The Morgan fingerprint density at radius 3 is 0.812 bits per heavy atom. The highest BCUT2D eigenvalue weighted by Crippen LogP contribution is 2.26. The summed E-state index contributed by atoms with van der Waals surface area (Å²) in [6.45, 7) is 0. The quantitative estimate of drug-likeness (QED) is 0.609. The minimum absolute atomic E-state index is 0.369. The molecule has 4 nitrogen and oxygen atoms in total. The average Bonchev–Trinajstić information content (AvgIpc) is 2.30. The Hall–Kier alpha value is -2.56. The maximum absolute atomic E-state index is 8.87. The minimum atomic E-state index is 0.369. The normalized spacial score (nSPS) is 25.2. The first kappa shape index (κ1) is 11.5. The van der Waals surface area contributed by atoms with Crippen LogP contribution in [0, 0.1) is 45.3 Å². The van der Waals surface area contributed by atoms with Crippen molar-refractivity contribution in [2.75, 3.05) is 0 Å².